The summed E-state index contributed by atoms with van der Waals surface area (Å²) in [6.45, 7) is 0. The molecular weight excluding hydrogens is 1150 g/mol. The Hall–Kier alpha value is -9.40. The Morgan fingerprint density at radius 3 is 0.929 bits per heavy atom. The van der Waals surface area contributed by atoms with Gasteiger partial charge in [-0.3, -0.25) is 0 Å². The van der Waals surface area contributed by atoms with Crippen molar-refractivity contribution in [3.8, 4) is 84.1 Å². The first-order valence-corrected chi connectivity index (χ1v) is 25.1. The lowest BCUT2D eigenvalue weighted by molar-refractivity contribution is -0.144. The zero-order valence-corrected chi connectivity index (χ0v) is 42.7. The number of aromatic nitrogens is 3. The molecule has 0 fully saturated rings. The van der Waals surface area contributed by atoms with Crippen molar-refractivity contribution in [1.82, 2.24) is 14.5 Å². The lowest BCUT2D eigenvalue weighted by Gasteiger charge is -2.22. The quantitative estimate of drug-likeness (QED) is 0.142. The maximum Gasteiger partial charge on any atom is 0.416 e. The van der Waals surface area contributed by atoms with Gasteiger partial charge in [0.2, 0.25) is 0 Å². The Morgan fingerprint density at radius 2 is 0.576 bits per heavy atom. The summed E-state index contributed by atoms with van der Waals surface area (Å²) >= 11 is 0. The molecule has 85 heavy (non-hydrogen) atoms. The van der Waals surface area contributed by atoms with Gasteiger partial charge in [-0.1, -0.05) is 97.1 Å². The van der Waals surface area contributed by atoms with E-state index in [2.05, 4.69) is 0 Å². The molecule has 2 aromatic heterocycles. The molecule has 9 aromatic carbocycles. The maximum atomic E-state index is 14.3. The van der Waals surface area contributed by atoms with Gasteiger partial charge in [-0.25, -0.2) is 9.97 Å². The predicted molar refractivity (Wildman–Crippen MR) is 284 cm³/mol. The molecule has 0 N–H and O–H groups in total. The number of benzene rings is 9. The first-order valence-electron chi connectivity index (χ1n) is 25.1. The van der Waals surface area contributed by atoms with Gasteiger partial charge in [0.05, 0.1) is 61.5 Å². The van der Waals surface area contributed by atoms with E-state index < -0.39 is 81.6 Å². The van der Waals surface area contributed by atoms with Crippen LogP contribution in [0.5, 0.6) is 0 Å². The average molecular weight is 1190 g/mol. The van der Waals surface area contributed by atoms with Gasteiger partial charge >= 0.3 is 37.1 Å². The van der Waals surface area contributed by atoms with E-state index in [0.29, 0.717) is 41.1 Å². The SMILES string of the molecule is FC(F)(F)c1ccc(-c2cc(-c3cc(-c4ccccc4)nc(-c4ccccc4)n3)cc(-c3ccc(C(F)(F)F)cc3)c2-n2c3ccc(-c4cc(C(F)(F)F)cc(C(F)(F)F)c4)cc3c3cc(-c4cc(C(F)(F)F)cc(C(F)(F)F)c4)ccc32)cc1. The van der Waals surface area contributed by atoms with E-state index in [0.717, 1.165) is 72.8 Å². The minimum Gasteiger partial charge on any atom is -0.308 e. The monoisotopic (exact) mass is 1190 g/mol. The first-order chi connectivity index (χ1) is 39.9. The number of nitrogens with zero attached hydrogens (tertiary/aromatic N) is 3. The summed E-state index contributed by atoms with van der Waals surface area (Å²) < 4.78 is 259. The largest absolute Gasteiger partial charge is 0.416 e. The summed E-state index contributed by atoms with van der Waals surface area (Å²) in [6.07, 6.45) is -31.0. The topological polar surface area (TPSA) is 30.7 Å². The molecular formula is C64H33F18N3. The Balaban J connectivity index is 1.28. The molecule has 0 atom stereocenters. The van der Waals surface area contributed by atoms with E-state index in [9.17, 15) is 79.0 Å². The van der Waals surface area contributed by atoms with Crippen LogP contribution in [-0.2, 0) is 37.1 Å². The lowest BCUT2D eigenvalue weighted by Crippen LogP contribution is -2.11. The van der Waals surface area contributed by atoms with Crippen molar-refractivity contribution in [3.63, 3.8) is 0 Å². The van der Waals surface area contributed by atoms with Gasteiger partial charge < -0.3 is 4.57 Å². The smallest absolute Gasteiger partial charge is 0.308 e. The molecule has 0 radical (unpaired) electrons. The van der Waals surface area contributed by atoms with Gasteiger partial charge in [0.1, 0.15) is 0 Å². The van der Waals surface area contributed by atoms with Crippen LogP contribution in [0.3, 0.4) is 0 Å². The van der Waals surface area contributed by atoms with Crippen molar-refractivity contribution in [2.24, 2.45) is 0 Å². The zero-order chi connectivity index (χ0) is 60.8. The van der Waals surface area contributed by atoms with Gasteiger partial charge in [0.25, 0.3) is 0 Å². The third-order valence-corrected chi connectivity index (χ3v) is 14.1. The number of halogens is 18. The molecule has 430 valence electrons. The van der Waals surface area contributed by atoms with E-state index in [1.54, 1.807) is 66.7 Å². The van der Waals surface area contributed by atoms with Crippen LogP contribution >= 0.6 is 0 Å². The first kappa shape index (κ1) is 57.4. The number of alkyl halides is 18. The highest BCUT2D eigenvalue weighted by atomic mass is 19.4. The third kappa shape index (κ3) is 11.5. The molecule has 0 saturated heterocycles. The zero-order valence-electron chi connectivity index (χ0n) is 42.7. The summed E-state index contributed by atoms with van der Waals surface area (Å²) in [5.74, 6) is 0.188. The summed E-state index contributed by atoms with van der Waals surface area (Å²) in [5, 5.41) is -0.195. The number of hydrogen-bond acceptors (Lipinski definition) is 2. The van der Waals surface area contributed by atoms with Crippen LogP contribution in [0, 0.1) is 0 Å². The van der Waals surface area contributed by atoms with E-state index in [1.807, 2.05) is 0 Å². The molecule has 0 saturated carbocycles. The molecule has 11 aromatic rings. The molecule has 0 spiro atoms. The summed E-state index contributed by atoms with van der Waals surface area (Å²) in [4.78, 5) is 9.75. The summed E-state index contributed by atoms with van der Waals surface area (Å²) in [7, 11) is 0. The van der Waals surface area contributed by atoms with Crippen molar-refractivity contribution in [2.75, 3.05) is 0 Å². The predicted octanol–water partition coefficient (Wildman–Crippen LogP) is 21.4. The number of hydrogen-bond donors (Lipinski definition) is 0. The maximum absolute atomic E-state index is 14.3. The Morgan fingerprint density at radius 1 is 0.247 bits per heavy atom. The molecule has 3 nitrogen and oxygen atoms in total. The van der Waals surface area contributed by atoms with Crippen LogP contribution in [0.4, 0.5) is 79.0 Å². The third-order valence-electron chi connectivity index (χ3n) is 14.1. The second kappa shape index (κ2) is 20.7. The lowest BCUT2D eigenvalue weighted by atomic mass is 9.90. The Bertz CT molecular complexity index is 4010. The van der Waals surface area contributed by atoms with Crippen LogP contribution in [0.15, 0.2) is 200 Å². The number of fused-ring (bicyclic) bond motifs is 3. The van der Waals surface area contributed by atoms with Crippen molar-refractivity contribution < 1.29 is 79.0 Å². The highest BCUT2D eigenvalue weighted by molar-refractivity contribution is 6.13. The highest BCUT2D eigenvalue weighted by Crippen LogP contribution is 2.48. The minimum absolute atomic E-state index is 0.0206. The van der Waals surface area contributed by atoms with Crippen LogP contribution in [0.25, 0.3) is 106 Å². The fourth-order valence-electron chi connectivity index (χ4n) is 10.1. The molecule has 21 heteroatoms. The van der Waals surface area contributed by atoms with Crippen LogP contribution < -0.4 is 0 Å². The van der Waals surface area contributed by atoms with E-state index in [4.69, 9.17) is 9.97 Å². The highest BCUT2D eigenvalue weighted by Gasteiger charge is 2.39. The Labute approximate surface area is 468 Å². The second-order valence-electron chi connectivity index (χ2n) is 19.7. The summed E-state index contributed by atoms with van der Waals surface area (Å²) in [5.41, 5.74) is -9.00. The molecule has 0 unspecified atom stereocenters. The van der Waals surface area contributed by atoms with Crippen LogP contribution in [0.1, 0.15) is 33.4 Å². The Kier molecular flexibility index (Phi) is 14.0. The van der Waals surface area contributed by atoms with Gasteiger partial charge in [-0.15, -0.1) is 0 Å². The minimum atomic E-state index is -5.32. The van der Waals surface area contributed by atoms with Crippen LogP contribution in [0.2, 0.25) is 0 Å². The molecule has 0 bridgehead atoms. The molecule has 11 rings (SSSR count). The van der Waals surface area contributed by atoms with Gasteiger partial charge in [-0.2, -0.15) is 79.0 Å². The average Bonchev–Trinajstić information content (AvgIpc) is 1.75. The van der Waals surface area contributed by atoms with Crippen molar-refractivity contribution in [2.45, 2.75) is 37.1 Å². The molecule has 0 aliphatic heterocycles. The standard InChI is InChI=1S/C64H33F18N3/c65-59(66,67)43-17-11-34(12-18-43)49-29-42(54-33-53(36-7-3-1-4-8-36)83-58(84-54)37-9-5-2-6-10-37)30-50(35-13-19-44(20-14-35)60(68,69)70)57(49)85-55-21-15-38(40-23-45(61(71,72)73)31-46(24-40)62(74,75)76)27-51(55)52-28-39(16-22-56(52)85)41-25-47(63(77,78)79)32-48(26-41)64(80,81)82/h1-33H. The molecule has 0 aliphatic carbocycles. The van der Waals surface area contributed by atoms with Gasteiger partial charge in [-0.05, 0) is 137 Å². The number of rotatable bonds is 8. The van der Waals surface area contributed by atoms with Gasteiger partial charge in [0.15, 0.2) is 5.82 Å². The van der Waals surface area contributed by atoms with E-state index in [-0.39, 0.29) is 90.1 Å². The van der Waals surface area contributed by atoms with E-state index >= 15 is 0 Å². The van der Waals surface area contributed by atoms with Crippen molar-refractivity contribution in [3.05, 3.63) is 234 Å². The second-order valence-corrected chi connectivity index (χ2v) is 19.7. The van der Waals surface area contributed by atoms with Crippen molar-refractivity contribution in [1.29, 1.82) is 0 Å². The van der Waals surface area contributed by atoms with Gasteiger partial charge in [0, 0.05) is 38.6 Å². The fourth-order valence-corrected chi connectivity index (χ4v) is 10.1. The molecule has 2 heterocycles. The van der Waals surface area contributed by atoms with Crippen molar-refractivity contribution >= 4 is 21.8 Å². The normalized spacial score (nSPS) is 12.8. The summed E-state index contributed by atoms with van der Waals surface area (Å²) in [6, 6.07) is 38.1. The molecule has 0 amide bonds. The van der Waals surface area contributed by atoms with E-state index in [1.165, 1.54) is 28.8 Å². The van der Waals surface area contributed by atoms with Crippen LogP contribution in [-0.4, -0.2) is 14.5 Å². The fraction of sp³-hybridized carbons (Fsp3) is 0.0938. The molecule has 0 aliphatic rings.